The molecule has 0 saturated heterocycles. The highest BCUT2D eigenvalue weighted by molar-refractivity contribution is 6.17. The minimum atomic E-state index is 0.487. The van der Waals surface area contributed by atoms with E-state index in [1.807, 2.05) is 19.1 Å². The van der Waals surface area contributed by atoms with Crippen molar-refractivity contribution in [2.45, 2.75) is 32.6 Å². The summed E-state index contributed by atoms with van der Waals surface area (Å²) in [6.07, 6.45) is 2.02. The maximum Gasteiger partial charge on any atom is 0.213 e. The van der Waals surface area contributed by atoms with Crippen LogP contribution in [0.5, 0.6) is 5.88 Å². The highest BCUT2D eigenvalue weighted by Crippen LogP contribution is 2.15. The predicted molar refractivity (Wildman–Crippen MR) is 69.8 cm³/mol. The van der Waals surface area contributed by atoms with E-state index in [0.717, 1.165) is 24.1 Å². The van der Waals surface area contributed by atoms with Gasteiger partial charge in [-0.15, -0.1) is 11.6 Å². The summed E-state index contributed by atoms with van der Waals surface area (Å²) < 4.78 is 10.8. The zero-order valence-electron chi connectivity index (χ0n) is 10.5. The molecule has 0 aliphatic heterocycles. The van der Waals surface area contributed by atoms with Crippen LogP contribution in [0.25, 0.3) is 0 Å². The Bertz CT molecular complexity index is 331. The average Bonchev–Trinajstić information content (AvgIpc) is 2.35. The van der Waals surface area contributed by atoms with E-state index in [4.69, 9.17) is 21.1 Å². The van der Waals surface area contributed by atoms with Crippen LogP contribution in [0.1, 0.15) is 31.5 Å². The Balaban J connectivity index is 2.59. The molecule has 1 rings (SSSR count). The fraction of sp³-hybridized carbons (Fsp3) is 0.615. The first kappa shape index (κ1) is 14.3. The van der Waals surface area contributed by atoms with Crippen LogP contribution < -0.4 is 4.74 Å². The third kappa shape index (κ3) is 5.37. The number of aromatic nitrogens is 1. The van der Waals surface area contributed by atoms with Crippen LogP contribution in [0.4, 0.5) is 0 Å². The van der Waals surface area contributed by atoms with Gasteiger partial charge in [-0.05, 0) is 25.0 Å². The molecule has 0 aliphatic carbocycles. The van der Waals surface area contributed by atoms with Gasteiger partial charge in [-0.2, -0.15) is 0 Å². The molecule has 0 aromatic carbocycles. The molecule has 0 N–H and O–H groups in total. The fourth-order valence-corrected chi connectivity index (χ4v) is 1.66. The summed E-state index contributed by atoms with van der Waals surface area (Å²) in [4.78, 5) is 4.43. The van der Waals surface area contributed by atoms with E-state index in [0.29, 0.717) is 31.6 Å². The first-order valence-electron chi connectivity index (χ1n) is 6.06. The molecule has 17 heavy (non-hydrogen) atoms. The standard InChI is InChI=1S/C13H20ClNO2/c1-3-5-12-8-11(10-14)9-13(15-12)17-7-6-16-4-2/h8-9H,3-7,10H2,1-2H3. The van der Waals surface area contributed by atoms with Gasteiger partial charge in [0.05, 0.1) is 6.61 Å². The van der Waals surface area contributed by atoms with Gasteiger partial charge < -0.3 is 9.47 Å². The second-order valence-electron chi connectivity index (χ2n) is 3.73. The molecule has 0 aliphatic rings. The summed E-state index contributed by atoms with van der Waals surface area (Å²) in [5, 5.41) is 0. The van der Waals surface area contributed by atoms with E-state index in [1.54, 1.807) is 0 Å². The number of ether oxygens (including phenoxy) is 2. The summed E-state index contributed by atoms with van der Waals surface area (Å²) >= 11 is 5.85. The highest BCUT2D eigenvalue weighted by Gasteiger charge is 2.03. The number of pyridine rings is 1. The summed E-state index contributed by atoms with van der Waals surface area (Å²) in [7, 11) is 0. The number of alkyl halides is 1. The van der Waals surface area contributed by atoms with Crippen LogP contribution in [-0.4, -0.2) is 24.8 Å². The number of hydrogen-bond donors (Lipinski definition) is 0. The molecule has 1 aromatic rings. The van der Waals surface area contributed by atoms with Crippen LogP contribution >= 0.6 is 11.6 Å². The molecule has 0 fully saturated rings. The normalized spacial score (nSPS) is 10.5. The smallest absolute Gasteiger partial charge is 0.213 e. The van der Waals surface area contributed by atoms with Gasteiger partial charge in [0.25, 0.3) is 0 Å². The van der Waals surface area contributed by atoms with Crippen molar-refractivity contribution >= 4 is 11.6 Å². The van der Waals surface area contributed by atoms with Gasteiger partial charge in [0.1, 0.15) is 6.61 Å². The number of halogens is 1. The maximum absolute atomic E-state index is 5.85. The molecule has 0 atom stereocenters. The van der Waals surface area contributed by atoms with Gasteiger partial charge in [0, 0.05) is 24.2 Å². The van der Waals surface area contributed by atoms with E-state index in [1.165, 1.54) is 0 Å². The first-order valence-corrected chi connectivity index (χ1v) is 6.60. The third-order valence-electron chi connectivity index (χ3n) is 2.26. The Labute approximate surface area is 108 Å². The number of nitrogens with zero attached hydrogens (tertiary/aromatic N) is 1. The Morgan fingerprint density at radius 3 is 2.71 bits per heavy atom. The lowest BCUT2D eigenvalue weighted by atomic mass is 10.2. The molecule has 0 saturated carbocycles. The topological polar surface area (TPSA) is 31.4 Å². The lowest BCUT2D eigenvalue weighted by Gasteiger charge is -2.08. The molecule has 3 nitrogen and oxygen atoms in total. The van der Waals surface area contributed by atoms with Crippen LogP contribution in [-0.2, 0) is 17.0 Å². The monoisotopic (exact) mass is 257 g/mol. The van der Waals surface area contributed by atoms with Gasteiger partial charge in [-0.25, -0.2) is 4.98 Å². The summed E-state index contributed by atoms with van der Waals surface area (Å²) in [6, 6.07) is 3.92. The van der Waals surface area contributed by atoms with Crippen molar-refractivity contribution < 1.29 is 9.47 Å². The van der Waals surface area contributed by atoms with E-state index in [-0.39, 0.29) is 0 Å². The SMILES string of the molecule is CCCc1cc(CCl)cc(OCCOCC)n1. The van der Waals surface area contributed by atoms with Crippen molar-refractivity contribution in [2.24, 2.45) is 0 Å². The van der Waals surface area contributed by atoms with Crippen molar-refractivity contribution in [2.75, 3.05) is 19.8 Å². The minimum absolute atomic E-state index is 0.487. The molecule has 1 heterocycles. The molecule has 0 amide bonds. The largest absolute Gasteiger partial charge is 0.475 e. The van der Waals surface area contributed by atoms with Gasteiger partial charge >= 0.3 is 0 Å². The fourth-order valence-electron chi connectivity index (χ4n) is 1.51. The van der Waals surface area contributed by atoms with Crippen LogP contribution in [0.15, 0.2) is 12.1 Å². The highest BCUT2D eigenvalue weighted by atomic mass is 35.5. The lowest BCUT2D eigenvalue weighted by molar-refractivity contribution is 0.108. The van der Waals surface area contributed by atoms with Gasteiger partial charge in [-0.1, -0.05) is 13.3 Å². The van der Waals surface area contributed by atoms with Crippen molar-refractivity contribution in [1.82, 2.24) is 4.98 Å². The molecular formula is C13H20ClNO2. The molecular weight excluding hydrogens is 238 g/mol. The van der Waals surface area contributed by atoms with E-state index >= 15 is 0 Å². The molecule has 96 valence electrons. The zero-order chi connectivity index (χ0) is 12.5. The van der Waals surface area contributed by atoms with Gasteiger partial charge in [0.15, 0.2) is 0 Å². The molecule has 1 aromatic heterocycles. The number of aryl methyl sites for hydroxylation is 1. The zero-order valence-corrected chi connectivity index (χ0v) is 11.3. The van der Waals surface area contributed by atoms with Crippen molar-refractivity contribution in [1.29, 1.82) is 0 Å². The average molecular weight is 258 g/mol. The summed E-state index contributed by atoms with van der Waals surface area (Å²) in [5.74, 6) is 1.13. The van der Waals surface area contributed by atoms with Gasteiger partial charge in [0.2, 0.25) is 5.88 Å². The van der Waals surface area contributed by atoms with E-state index < -0.39 is 0 Å². The lowest BCUT2D eigenvalue weighted by Crippen LogP contribution is -2.08. The second-order valence-corrected chi connectivity index (χ2v) is 4.00. The molecule has 0 radical (unpaired) electrons. The molecule has 0 spiro atoms. The summed E-state index contributed by atoms with van der Waals surface area (Å²) in [5.41, 5.74) is 2.09. The molecule has 4 heteroatoms. The Hall–Kier alpha value is -0.800. The summed E-state index contributed by atoms with van der Waals surface area (Å²) in [6.45, 7) is 5.92. The third-order valence-corrected chi connectivity index (χ3v) is 2.57. The Kier molecular flexibility index (Phi) is 6.97. The minimum Gasteiger partial charge on any atom is -0.475 e. The second kappa shape index (κ2) is 8.31. The predicted octanol–water partition coefficient (Wildman–Crippen LogP) is 3.19. The first-order chi connectivity index (χ1) is 8.30. The van der Waals surface area contributed by atoms with Crippen LogP contribution in [0.2, 0.25) is 0 Å². The van der Waals surface area contributed by atoms with Crippen molar-refractivity contribution in [3.05, 3.63) is 23.4 Å². The number of hydrogen-bond acceptors (Lipinski definition) is 3. The van der Waals surface area contributed by atoms with Crippen molar-refractivity contribution in [3.63, 3.8) is 0 Å². The Morgan fingerprint density at radius 2 is 2.06 bits per heavy atom. The van der Waals surface area contributed by atoms with Crippen LogP contribution in [0, 0.1) is 0 Å². The van der Waals surface area contributed by atoms with Gasteiger partial charge in [-0.3, -0.25) is 0 Å². The number of rotatable bonds is 8. The van der Waals surface area contributed by atoms with Crippen LogP contribution in [0.3, 0.4) is 0 Å². The van der Waals surface area contributed by atoms with E-state index in [9.17, 15) is 0 Å². The molecule has 0 bridgehead atoms. The van der Waals surface area contributed by atoms with Crippen molar-refractivity contribution in [3.8, 4) is 5.88 Å². The maximum atomic E-state index is 5.85. The molecule has 0 unspecified atom stereocenters. The Morgan fingerprint density at radius 1 is 1.24 bits per heavy atom. The quantitative estimate of drug-likeness (QED) is 0.529. The van der Waals surface area contributed by atoms with E-state index in [2.05, 4.69) is 11.9 Å².